The second-order valence-corrected chi connectivity index (χ2v) is 7.00. The minimum atomic E-state index is -3.52. The lowest BCUT2D eigenvalue weighted by Gasteiger charge is -2.41. The lowest BCUT2D eigenvalue weighted by Crippen LogP contribution is -2.52. The Balaban J connectivity index is 2.34. The van der Waals surface area contributed by atoms with Crippen molar-refractivity contribution < 1.29 is 13.5 Å². The first-order valence-corrected chi connectivity index (χ1v) is 8.15. The molecule has 2 N–H and O–H groups in total. The van der Waals surface area contributed by atoms with Crippen LogP contribution in [0.5, 0.6) is 0 Å². The smallest absolute Gasteiger partial charge is 0.241 e. The van der Waals surface area contributed by atoms with E-state index in [4.69, 9.17) is 5.11 Å². The maximum Gasteiger partial charge on any atom is 0.241 e. The highest BCUT2D eigenvalue weighted by Gasteiger charge is 2.39. The molecular formula is C14H21NO3S. The Kier molecular flexibility index (Phi) is 3.99. The van der Waals surface area contributed by atoms with Gasteiger partial charge in [-0.05, 0) is 49.8 Å². The van der Waals surface area contributed by atoms with Crippen LogP contribution in [0.4, 0.5) is 0 Å². The second kappa shape index (κ2) is 5.23. The maximum absolute atomic E-state index is 12.5. The van der Waals surface area contributed by atoms with Gasteiger partial charge in [0.05, 0.1) is 11.5 Å². The fourth-order valence-corrected chi connectivity index (χ4v) is 4.33. The summed E-state index contributed by atoms with van der Waals surface area (Å²) in [7, 11) is -3.52. The first kappa shape index (κ1) is 14.5. The number of benzene rings is 1. The minimum absolute atomic E-state index is 0.151. The van der Waals surface area contributed by atoms with Crippen LogP contribution < -0.4 is 4.72 Å². The van der Waals surface area contributed by atoms with Crippen molar-refractivity contribution in [1.82, 2.24) is 4.72 Å². The highest BCUT2D eigenvalue weighted by Crippen LogP contribution is 2.36. The topological polar surface area (TPSA) is 66.4 Å². The molecule has 1 aliphatic rings. The van der Waals surface area contributed by atoms with Crippen LogP contribution in [-0.4, -0.2) is 19.1 Å². The van der Waals surface area contributed by atoms with E-state index >= 15 is 0 Å². The third-order valence-corrected chi connectivity index (χ3v) is 5.78. The first-order chi connectivity index (χ1) is 8.92. The van der Waals surface area contributed by atoms with E-state index in [1.807, 2.05) is 6.92 Å². The zero-order valence-corrected chi connectivity index (χ0v) is 12.3. The quantitative estimate of drug-likeness (QED) is 0.869. The van der Waals surface area contributed by atoms with Gasteiger partial charge in [-0.1, -0.05) is 19.1 Å². The van der Waals surface area contributed by atoms with Crippen LogP contribution in [0, 0.1) is 6.92 Å². The van der Waals surface area contributed by atoms with Crippen LogP contribution >= 0.6 is 0 Å². The molecule has 19 heavy (non-hydrogen) atoms. The molecule has 1 saturated carbocycles. The van der Waals surface area contributed by atoms with Crippen molar-refractivity contribution in [3.05, 3.63) is 29.3 Å². The van der Waals surface area contributed by atoms with Crippen LogP contribution in [0.3, 0.4) is 0 Å². The first-order valence-electron chi connectivity index (χ1n) is 6.67. The Hall–Kier alpha value is -0.910. The Bertz CT molecular complexity index is 557. The number of hydrogen-bond donors (Lipinski definition) is 2. The fraction of sp³-hybridized carbons (Fsp3) is 0.571. The van der Waals surface area contributed by atoms with Crippen LogP contribution in [0.15, 0.2) is 23.1 Å². The normalized spacial score (nSPS) is 18.1. The van der Waals surface area contributed by atoms with Crippen molar-refractivity contribution in [3.63, 3.8) is 0 Å². The molecule has 0 radical (unpaired) electrons. The Morgan fingerprint density at radius 3 is 2.53 bits per heavy atom. The van der Waals surface area contributed by atoms with E-state index in [1.165, 1.54) is 0 Å². The van der Waals surface area contributed by atoms with Crippen LogP contribution in [0.25, 0.3) is 0 Å². The summed E-state index contributed by atoms with van der Waals surface area (Å²) in [4.78, 5) is 0.277. The molecule has 0 spiro atoms. The van der Waals surface area contributed by atoms with Gasteiger partial charge in [0.2, 0.25) is 10.0 Å². The summed E-state index contributed by atoms with van der Waals surface area (Å²) in [6.45, 7) is 3.63. The number of hydrogen-bond acceptors (Lipinski definition) is 3. The van der Waals surface area contributed by atoms with Crippen molar-refractivity contribution in [1.29, 1.82) is 0 Å². The van der Waals surface area contributed by atoms with E-state index < -0.39 is 10.0 Å². The van der Waals surface area contributed by atoms with Crippen LogP contribution in [0.1, 0.15) is 43.7 Å². The summed E-state index contributed by atoms with van der Waals surface area (Å²) in [6.07, 6.45) is 3.69. The number of aryl methyl sites for hydroxylation is 1. The molecule has 0 aromatic heterocycles. The summed E-state index contributed by atoms with van der Waals surface area (Å²) in [6, 6.07) is 5.03. The molecule has 0 aliphatic heterocycles. The molecule has 4 nitrogen and oxygen atoms in total. The largest absolute Gasteiger partial charge is 0.392 e. The molecule has 0 heterocycles. The molecule has 106 valence electrons. The molecule has 1 aliphatic carbocycles. The van der Waals surface area contributed by atoms with Gasteiger partial charge in [0.1, 0.15) is 0 Å². The standard InChI is InChI=1S/C14H21NO3S/c1-3-14(7-4-8-14)15-19(17,18)13-9-12(10-16)6-5-11(13)2/h5-6,9,15-16H,3-4,7-8,10H2,1-2H3. The number of aliphatic hydroxyl groups excluding tert-OH is 1. The Labute approximate surface area is 114 Å². The van der Waals surface area contributed by atoms with Crippen LogP contribution in [0.2, 0.25) is 0 Å². The van der Waals surface area contributed by atoms with E-state index in [-0.39, 0.29) is 17.0 Å². The summed E-state index contributed by atoms with van der Waals surface area (Å²) in [5.41, 5.74) is 1.06. The number of nitrogens with one attached hydrogen (secondary N) is 1. The van der Waals surface area contributed by atoms with Crippen molar-refractivity contribution >= 4 is 10.0 Å². The highest BCUT2D eigenvalue weighted by atomic mass is 32.2. The third kappa shape index (κ3) is 2.83. The summed E-state index contributed by atoms with van der Waals surface area (Å²) >= 11 is 0. The van der Waals surface area contributed by atoms with Gasteiger partial charge in [-0.15, -0.1) is 0 Å². The van der Waals surface area contributed by atoms with Gasteiger partial charge < -0.3 is 5.11 Å². The van der Waals surface area contributed by atoms with E-state index in [0.29, 0.717) is 11.1 Å². The number of rotatable bonds is 5. The molecule has 1 fully saturated rings. The number of sulfonamides is 1. The molecule has 0 atom stereocenters. The summed E-state index contributed by atoms with van der Waals surface area (Å²) < 4.78 is 27.8. The van der Waals surface area contributed by atoms with Gasteiger partial charge in [-0.2, -0.15) is 0 Å². The van der Waals surface area contributed by atoms with Gasteiger partial charge in [-0.25, -0.2) is 13.1 Å². The SMILES string of the molecule is CCC1(NS(=O)(=O)c2cc(CO)ccc2C)CCC1. The summed E-state index contributed by atoms with van der Waals surface area (Å²) in [5.74, 6) is 0. The molecule has 0 amide bonds. The zero-order valence-electron chi connectivity index (χ0n) is 11.4. The monoisotopic (exact) mass is 283 g/mol. The maximum atomic E-state index is 12.5. The van der Waals surface area contributed by atoms with E-state index in [1.54, 1.807) is 25.1 Å². The van der Waals surface area contributed by atoms with Gasteiger partial charge >= 0.3 is 0 Å². The average molecular weight is 283 g/mol. The van der Waals surface area contributed by atoms with Gasteiger partial charge in [0.25, 0.3) is 0 Å². The molecule has 2 rings (SSSR count). The molecule has 0 saturated heterocycles. The van der Waals surface area contributed by atoms with E-state index in [0.717, 1.165) is 25.7 Å². The van der Waals surface area contributed by atoms with Crippen molar-refractivity contribution in [2.75, 3.05) is 0 Å². The third-order valence-electron chi connectivity index (χ3n) is 4.06. The zero-order chi connectivity index (χ0) is 14.1. The van der Waals surface area contributed by atoms with Gasteiger partial charge in [0, 0.05) is 5.54 Å². The molecule has 5 heteroatoms. The van der Waals surface area contributed by atoms with Gasteiger partial charge in [0.15, 0.2) is 0 Å². The van der Waals surface area contributed by atoms with Crippen LogP contribution in [-0.2, 0) is 16.6 Å². The Morgan fingerprint density at radius 2 is 2.05 bits per heavy atom. The van der Waals surface area contributed by atoms with Crippen molar-refractivity contribution in [3.8, 4) is 0 Å². The van der Waals surface area contributed by atoms with Gasteiger partial charge in [-0.3, -0.25) is 0 Å². The average Bonchev–Trinajstić information content (AvgIpc) is 2.34. The molecule has 0 bridgehead atoms. The molecular weight excluding hydrogens is 262 g/mol. The molecule has 1 aromatic rings. The predicted molar refractivity (Wildman–Crippen MR) is 74.3 cm³/mol. The summed E-state index contributed by atoms with van der Waals surface area (Å²) in [5, 5.41) is 9.14. The predicted octanol–water partition coefficient (Wildman–Crippen LogP) is 2.10. The lowest BCUT2D eigenvalue weighted by atomic mass is 9.76. The Morgan fingerprint density at radius 1 is 1.37 bits per heavy atom. The van der Waals surface area contributed by atoms with E-state index in [2.05, 4.69) is 4.72 Å². The highest BCUT2D eigenvalue weighted by molar-refractivity contribution is 7.89. The van der Waals surface area contributed by atoms with Crippen molar-refractivity contribution in [2.24, 2.45) is 0 Å². The molecule has 1 aromatic carbocycles. The fourth-order valence-electron chi connectivity index (χ4n) is 2.50. The number of aliphatic hydroxyl groups is 1. The molecule has 0 unspecified atom stereocenters. The van der Waals surface area contributed by atoms with Crippen molar-refractivity contribution in [2.45, 2.75) is 56.6 Å². The lowest BCUT2D eigenvalue weighted by molar-refractivity contribution is 0.214. The second-order valence-electron chi connectivity index (χ2n) is 5.35. The van der Waals surface area contributed by atoms with E-state index in [9.17, 15) is 8.42 Å². The minimum Gasteiger partial charge on any atom is -0.392 e.